The van der Waals surface area contributed by atoms with Crippen LogP contribution in [0.25, 0.3) is 0 Å². The Morgan fingerprint density at radius 2 is 1.84 bits per heavy atom. The van der Waals surface area contributed by atoms with E-state index in [0.717, 1.165) is 18.2 Å². The lowest BCUT2D eigenvalue weighted by Crippen LogP contribution is -2.23. The first kappa shape index (κ1) is 14.9. The highest BCUT2D eigenvalue weighted by molar-refractivity contribution is 7.99. The van der Waals surface area contributed by atoms with Crippen LogP contribution in [0.3, 0.4) is 0 Å². The monoisotopic (exact) mass is 277 g/mol. The predicted molar refractivity (Wildman–Crippen MR) is 87.0 cm³/mol. The number of thioether (sulfide) groups is 1. The third-order valence-corrected chi connectivity index (χ3v) is 5.51. The summed E-state index contributed by atoms with van der Waals surface area (Å²) in [4.78, 5) is 0. The second-order valence-corrected chi connectivity index (χ2v) is 6.78. The molecule has 1 atom stereocenters. The van der Waals surface area contributed by atoms with Gasteiger partial charge in [0, 0.05) is 17.0 Å². The highest BCUT2D eigenvalue weighted by Crippen LogP contribution is 2.32. The highest BCUT2D eigenvalue weighted by atomic mass is 32.2. The third-order valence-electron chi connectivity index (χ3n) is 4.04. The number of nitrogens with one attached hydrogen (secondary N) is 1. The number of benzene rings is 1. The van der Waals surface area contributed by atoms with Crippen molar-refractivity contribution < 1.29 is 0 Å². The zero-order valence-electron chi connectivity index (χ0n) is 12.3. The summed E-state index contributed by atoms with van der Waals surface area (Å²) in [5.41, 5.74) is 2.88. The van der Waals surface area contributed by atoms with Gasteiger partial charge < -0.3 is 5.32 Å². The summed E-state index contributed by atoms with van der Waals surface area (Å²) in [6.45, 7) is 5.46. The fraction of sp³-hybridized carbons (Fsp3) is 0.647. The molecule has 1 aromatic rings. The first-order valence-electron chi connectivity index (χ1n) is 7.77. The summed E-state index contributed by atoms with van der Waals surface area (Å²) in [6, 6.07) is 9.68. The molecule has 1 fully saturated rings. The van der Waals surface area contributed by atoms with Crippen molar-refractivity contribution >= 4 is 11.8 Å². The van der Waals surface area contributed by atoms with Crippen LogP contribution >= 0.6 is 11.8 Å². The lowest BCUT2D eigenvalue weighted by atomic mass is 10.0. The van der Waals surface area contributed by atoms with E-state index in [1.54, 1.807) is 0 Å². The molecule has 1 aliphatic carbocycles. The van der Waals surface area contributed by atoms with E-state index in [9.17, 15) is 0 Å². The molecule has 0 spiro atoms. The number of aryl methyl sites for hydroxylation is 1. The fourth-order valence-corrected chi connectivity index (χ4v) is 4.23. The van der Waals surface area contributed by atoms with Crippen molar-refractivity contribution in [3.8, 4) is 0 Å². The predicted octanol–water partition coefficient (Wildman–Crippen LogP) is 4.58. The van der Waals surface area contributed by atoms with E-state index < -0.39 is 0 Å². The van der Waals surface area contributed by atoms with Crippen LogP contribution in [0.1, 0.15) is 56.7 Å². The summed E-state index contributed by atoms with van der Waals surface area (Å²) in [7, 11) is 0. The van der Waals surface area contributed by atoms with Gasteiger partial charge in [-0.3, -0.25) is 0 Å². The van der Waals surface area contributed by atoms with Crippen molar-refractivity contribution in [3.63, 3.8) is 0 Å². The van der Waals surface area contributed by atoms with Gasteiger partial charge in [0.2, 0.25) is 0 Å². The Bertz CT molecular complexity index is 354. The van der Waals surface area contributed by atoms with Crippen LogP contribution in [0.2, 0.25) is 0 Å². The van der Waals surface area contributed by atoms with E-state index in [4.69, 9.17) is 0 Å². The minimum atomic E-state index is 0.515. The minimum absolute atomic E-state index is 0.515. The van der Waals surface area contributed by atoms with E-state index in [1.807, 2.05) is 0 Å². The quantitative estimate of drug-likeness (QED) is 0.783. The molecule has 1 N–H and O–H groups in total. The lowest BCUT2D eigenvalue weighted by molar-refractivity contribution is 0.604. The zero-order valence-corrected chi connectivity index (χ0v) is 13.1. The maximum absolute atomic E-state index is 3.64. The Morgan fingerprint density at radius 1 is 1.16 bits per heavy atom. The first-order valence-corrected chi connectivity index (χ1v) is 8.82. The molecule has 0 saturated heterocycles. The van der Waals surface area contributed by atoms with Gasteiger partial charge in [0.1, 0.15) is 0 Å². The molecule has 1 saturated carbocycles. The standard InChI is InChI=1S/C17H27NS/c1-3-14-9-11-15(12-10-14)17(18-4-2)13-19-16-7-5-6-8-16/h9-12,16-18H,3-8,13H2,1-2H3. The second kappa shape index (κ2) is 7.96. The molecule has 2 rings (SSSR count). The van der Waals surface area contributed by atoms with E-state index in [0.29, 0.717) is 6.04 Å². The zero-order chi connectivity index (χ0) is 13.5. The maximum atomic E-state index is 3.64. The van der Waals surface area contributed by atoms with Crippen molar-refractivity contribution in [1.82, 2.24) is 5.32 Å². The Morgan fingerprint density at radius 3 is 2.42 bits per heavy atom. The highest BCUT2D eigenvalue weighted by Gasteiger charge is 2.18. The Hall–Kier alpha value is -0.470. The number of hydrogen-bond acceptors (Lipinski definition) is 2. The molecule has 0 heterocycles. The van der Waals surface area contributed by atoms with Crippen LogP contribution in [0.5, 0.6) is 0 Å². The molecule has 0 radical (unpaired) electrons. The first-order chi connectivity index (χ1) is 9.33. The Labute approximate surface area is 122 Å². The summed E-state index contributed by atoms with van der Waals surface area (Å²) >= 11 is 2.17. The van der Waals surface area contributed by atoms with Gasteiger partial charge in [0.25, 0.3) is 0 Å². The van der Waals surface area contributed by atoms with Gasteiger partial charge in [-0.05, 0) is 36.9 Å². The molecule has 106 valence electrons. The lowest BCUT2D eigenvalue weighted by Gasteiger charge is -2.20. The van der Waals surface area contributed by atoms with Gasteiger partial charge in [-0.2, -0.15) is 11.8 Å². The largest absolute Gasteiger partial charge is 0.310 e. The number of rotatable bonds is 7. The molecule has 0 bridgehead atoms. The molecular weight excluding hydrogens is 250 g/mol. The average Bonchev–Trinajstić information content (AvgIpc) is 2.97. The molecule has 0 amide bonds. The summed E-state index contributed by atoms with van der Waals surface area (Å²) in [5, 5.41) is 4.55. The van der Waals surface area contributed by atoms with E-state index in [2.05, 4.69) is 55.2 Å². The molecule has 2 heteroatoms. The van der Waals surface area contributed by atoms with Crippen molar-refractivity contribution in [2.75, 3.05) is 12.3 Å². The third kappa shape index (κ3) is 4.54. The van der Waals surface area contributed by atoms with E-state index in [1.165, 1.54) is 42.6 Å². The van der Waals surface area contributed by atoms with Crippen LogP contribution in [0.15, 0.2) is 24.3 Å². The fourth-order valence-electron chi connectivity index (χ4n) is 2.79. The topological polar surface area (TPSA) is 12.0 Å². The van der Waals surface area contributed by atoms with Crippen LogP contribution < -0.4 is 5.32 Å². The molecular formula is C17H27NS. The van der Waals surface area contributed by atoms with Gasteiger partial charge in [0.05, 0.1) is 0 Å². The number of hydrogen-bond donors (Lipinski definition) is 1. The van der Waals surface area contributed by atoms with Crippen LogP contribution in [-0.2, 0) is 6.42 Å². The van der Waals surface area contributed by atoms with Crippen LogP contribution in [0, 0.1) is 0 Å². The Balaban J connectivity index is 1.92. The minimum Gasteiger partial charge on any atom is -0.310 e. The summed E-state index contributed by atoms with van der Waals surface area (Å²) in [5.74, 6) is 1.21. The smallest absolute Gasteiger partial charge is 0.0411 e. The van der Waals surface area contributed by atoms with E-state index in [-0.39, 0.29) is 0 Å². The molecule has 0 aliphatic heterocycles. The van der Waals surface area contributed by atoms with Gasteiger partial charge in [-0.1, -0.05) is 51.0 Å². The summed E-state index contributed by atoms with van der Waals surface area (Å²) < 4.78 is 0. The van der Waals surface area contributed by atoms with Crippen LogP contribution in [0.4, 0.5) is 0 Å². The molecule has 1 aliphatic rings. The van der Waals surface area contributed by atoms with Crippen molar-refractivity contribution in [2.45, 2.75) is 57.2 Å². The molecule has 1 aromatic carbocycles. The normalized spacial score (nSPS) is 17.8. The molecule has 0 aromatic heterocycles. The molecule has 1 unspecified atom stereocenters. The maximum Gasteiger partial charge on any atom is 0.0411 e. The second-order valence-electron chi connectivity index (χ2n) is 5.45. The van der Waals surface area contributed by atoms with Crippen molar-refractivity contribution in [2.24, 2.45) is 0 Å². The Kier molecular flexibility index (Phi) is 6.25. The van der Waals surface area contributed by atoms with Crippen molar-refractivity contribution in [1.29, 1.82) is 0 Å². The van der Waals surface area contributed by atoms with E-state index >= 15 is 0 Å². The van der Waals surface area contributed by atoms with Gasteiger partial charge in [-0.15, -0.1) is 0 Å². The average molecular weight is 277 g/mol. The SMILES string of the molecule is CCNC(CSC1CCCC1)c1ccc(CC)cc1. The molecule has 19 heavy (non-hydrogen) atoms. The van der Waals surface area contributed by atoms with Gasteiger partial charge in [0.15, 0.2) is 0 Å². The summed E-state index contributed by atoms with van der Waals surface area (Å²) in [6.07, 6.45) is 6.86. The van der Waals surface area contributed by atoms with Gasteiger partial charge in [-0.25, -0.2) is 0 Å². The van der Waals surface area contributed by atoms with Gasteiger partial charge >= 0.3 is 0 Å². The molecule has 1 nitrogen and oxygen atoms in total. The van der Waals surface area contributed by atoms with Crippen LogP contribution in [-0.4, -0.2) is 17.5 Å². The van der Waals surface area contributed by atoms with Crippen molar-refractivity contribution in [3.05, 3.63) is 35.4 Å².